The summed E-state index contributed by atoms with van der Waals surface area (Å²) in [5, 5.41) is 25.3. The number of rotatable bonds is 6. The van der Waals surface area contributed by atoms with Crippen LogP contribution in [0.25, 0.3) is 0 Å². The number of aromatic nitrogens is 1. The van der Waals surface area contributed by atoms with Gasteiger partial charge >= 0.3 is 0 Å². The summed E-state index contributed by atoms with van der Waals surface area (Å²) in [5.74, 6) is -1.97. The number of aromatic amines is 1. The van der Waals surface area contributed by atoms with E-state index in [1.807, 2.05) is 6.07 Å². The summed E-state index contributed by atoms with van der Waals surface area (Å²) in [6, 6.07) is 9.63. The molecule has 33 heavy (non-hydrogen) atoms. The summed E-state index contributed by atoms with van der Waals surface area (Å²) >= 11 is 0. The van der Waals surface area contributed by atoms with E-state index in [4.69, 9.17) is 20.7 Å². The van der Waals surface area contributed by atoms with Gasteiger partial charge in [-0.15, -0.1) is 0 Å². The van der Waals surface area contributed by atoms with Gasteiger partial charge in [0.1, 0.15) is 5.82 Å². The Labute approximate surface area is 191 Å². The predicted molar refractivity (Wildman–Crippen MR) is 122 cm³/mol. The number of amides is 1. The number of nitrogens with two attached hydrogens (primary N) is 1. The molecule has 2 atom stereocenters. The molecule has 1 aromatic heterocycles. The molecule has 0 radical (unpaired) electrons. The molecule has 1 aromatic carbocycles. The molecule has 2 heterocycles. The number of hydrogen-bond acceptors (Lipinski definition) is 5. The topological polar surface area (TPSA) is 154 Å². The number of ether oxygens (including phenoxy) is 1. The van der Waals surface area contributed by atoms with Crippen molar-refractivity contribution in [2.24, 2.45) is 15.7 Å². The number of H-pyrrole nitrogens is 1. The minimum atomic E-state index is -1.50. The van der Waals surface area contributed by atoms with E-state index >= 15 is 0 Å². The van der Waals surface area contributed by atoms with Crippen LogP contribution in [-0.4, -0.2) is 56.9 Å². The number of amidine groups is 1. The molecular formula is C23H31FN4O5. The first-order chi connectivity index (χ1) is 15.6. The fourth-order valence-electron chi connectivity index (χ4n) is 3.10. The lowest BCUT2D eigenvalue weighted by atomic mass is 10.1. The van der Waals surface area contributed by atoms with Crippen molar-refractivity contribution in [1.29, 1.82) is 0 Å². The van der Waals surface area contributed by atoms with E-state index in [0.29, 0.717) is 12.1 Å². The van der Waals surface area contributed by atoms with Gasteiger partial charge in [0.25, 0.3) is 0 Å². The van der Waals surface area contributed by atoms with Crippen LogP contribution in [0, 0.1) is 5.82 Å². The number of hydrogen-bond donors (Lipinski definition) is 5. The van der Waals surface area contributed by atoms with Crippen molar-refractivity contribution in [2.45, 2.75) is 57.5 Å². The summed E-state index contributed by atoms with van der Waals surface area (Å²) in [6.45, 7) is 2.59. The lowest BCUT2D eigenvalue weighted by Gasteiger charge is -2.10. The average molecular weight is 463 g/mol. The Kier molecular flexibility index (Phi) is 9.86. The molecule has 2 unspecified atom stereocenters. The van der Waals surface area contributed by atoms with Crippen LogP contribution in [-0.2, 0) is 16.0 Å². The van der Waals surface area contributed by atoms with Gasteiger partial charge in [0.15, 0.2) is 11.6 Å². The van der Waals surface area contributed by atoms with Gasteiger partial charge in [0.2, 0.25) is 5.91 Å². The molecule has 1 amide bonds. The van der Waals surface area contributed by atoms with Crippen molar-refractivity contribution in [3.05, 3.63) is 59.2 Å². The Balaban J connectivity index is 0.000000696. The van der Waals surface area contributed by atoms with Gasteiger partial charge in [-0.3, -0.25) is 4.79 Å². The van der Waals surface area contributed by atoms with Crippen molar-refractivity contribution in [3.8, 4) is 0 Å². The molecule has 0 aliphatic carbocycles. The smallest absolute Gasteiger partial charge is 0.248 e. The molecule has 180 valence electrons. The number of benzene rings is 1. The maximum atomic E-state index is 12.9. The Hall–Kier alpha value is -2.92. The minimum Gasteiger partial charge on any atom is -0.394 e. The Morgan fingerprint density at radius 3 is 2.48 bits per heavy atom. The molecule has 1 saturated heterocycles. The van der Waals surface area contributed by atoms with Crippen molar-refractivity contribution in [1.82, 2.24) is 4.98 Å². The first-order valence-corrected chi connectivity index (χ1v) is 10.6. The van der Waals surface area contributed by atoms with Crippen LogP contribution >= 0.6 is 0 Å². The van der Waals surface area contributed by atoms with Crippen LogP contribution in [0.5, 0.6) is 0 Å². The quantitative estimate of drug-likeness (QED) is 0.251. The van der Waals surface area contributed by atoms with E-state index in [9.17, 15) is 14.3 Å². The van der Waals surface area contributed by atoms with E-state index in [-0.39, 0.29) is 42.8 Å². The number of aliphatic hydroxyl groups is 3. The van der Waals surface area contributed by atoms with Crippen LogP contribution in [0.2, 0.25) is 0 Å². The second-order valence-electron chi connectivity index (χ2n) is 8.06. The molecule has 1 fully saturated rings. The lowest BCUT2D eigenvalue weighted by Crippen LogP contribution is -2.15. The van der Waals surface area contributed by atoms with Crippen molar-refractivity contribution in [3.63, 3.8) is 0 Å². The monoisotopic (exact) mass is 462 g/mol. The highest BCUT2D eigenvalue weighted by molar-refractivity contribution is 6.06. The van der Waals surface area contributed by atoms with E-state index in [1.165, 1.54) is 26.0 Å². The fourth-order valence-corrected chi connectivity index (χ4v) is 3.10. The fraction of sp³-hybridized carbons (Fsp3) is 0.435. The third kappa shape index (κ3) is 9.62. The number of halogens is 1. The second kappa shape index (κ2) is 12.4. The van der Waals surface area contributed by atoms with E-state index in [1.54, 1.807) is 18.2 Å². The van der Waals surface area contributed by atoms with Gasteiger partial charge in [0, 0.05) is 12.1 Å². The highest BCUT2D eigenvalue weighted by Crippen LogP contribution is 2.32. The van der Waals surface area contributed by atoms with Gasteiger partial charge < -0.3 is 30.8 Å². The number of nitrogens with zero attached hydrogens (tertiary/aromatic N) is 2. The van der Waals surface area contributed by atoms with Gasteiger partial charge in [-0.1, -0.05) is 12.1 Å². The molecular weight excluding hydrogens is 431 g/mol. The molecule has 9 nitrogen and oxygen atoms in total. The average Bonchev–Trinajstić information content (AvgIpc) is 3.41. The van der Waals surface area contributed by atoms with Crippen LogP contribution in [0.3, 0.4) is 0 Å². The van der Waals surface area contributed by atoms with E-state index in [2.05, 4.69) is 15.0 Å². The molecule has 3 rings (SSSR count). The third-order valence-corrected chi connectivity index (χ3v) is 4.58. The maximum Gasteiger partial charge on any atom is 0.248 e. The molecule has 0 spiro atoms. The normalized spacial score (nSPS) is 18.9. The molecule has 1 aliphatic rings. The minimum absolute atomic E-state index is 0.00318. The molecule has 1 aliphatic heterocycles. The van der Waals surface area contributed by atoms with Crippen molar-refractivity contribution >= 4 is 18.1 Å². The largest absolute Gasteiger partial charge is 0.394 e. The van der Waals surface area contributed by atoms with Crippen LogP contribution in [0.1, 0.15) is 56.2 Å². The molecule has 0 saturated carbocycles. The number of aryl methyl sites for hydroxylation is 1. The Morgan fingerprint density at radius 2 is 1.91 bits per heavy atom. The first kappa shape index (κ1) is 26.3. The summed E-state index contributed by atoms with van der Waals surface area (Å²) in [5.41, 5.74) is 7.65. The standard InChI is InChI=1S/C20H23FN4O3.C3H8O2/c21-14-4-1-13(2-5-14)3-10-19(27)25-20(23-12-22)17-8-7-16(24-17)18-9-6-15(11-26)28-18;1-3(2,4)5/h1-2,4-5,7-8,12,15,18,24,26H,3,6,9-11H2,(H2,22,23,25,27);4-5H,1-2H3. The van der Waals surface area contributed by atoms with Crippen LogP contribution in [0.15, 0.2) is 46.4 Å². The maximum absolute atomic E-state index is 12.9. The number of nitrogens with one attached hydrogen (secondary N) is 1. The van der Waals surface area contributed by atoms with Gasteiger partial charge in [-0.05, 0) is 62.9 Å². The Morgan fingerprint density at radius 1 is 1.24 bits per heavy atom. The van der Waals surface area contributed by atoms with E-state index in [0.717, 1.165) is 30.4 Å². The third-order valence-electron chi connectivity index (χ3n) is 4.58. The van der Waals surface area contributed by atoms with Gasteiger partial charge in [-0.2, -0.15) is 4.99 Å². The lowest BCUT2D eigenvalue weighted by molar-refractivity contribution is -0.127. The highest BCUT2D eigenvalue weighted by atomic mass is 19.1. The first-order valence-electron chi connectivity index (χ1n) is 10.6. The molecule has 10 heteroatoms. The van der Waals surface area contributed by atoms with Gasteiger partial charge in [0.05, 0.1) is 30.8 Å². The molecule has 2 aromatic rings. The predicted octanol–water partition coefficient (Wildman–Crippen LogP) is 1.97. The van der Waals surface area contributed by atoms with Crippen molar-refractivity contribution < 1.29 is 29.2 Å². The highest BCUT2D eigenvalue weighted by Gasteiger charge is 2.27. The summed E-state index contributed by atoms with van der Waals surface area (Å²) < 4.78 is 18.7. The molecule has 6 N–H and O–H groups in total. The second-order valence-corrected chi connectivity index (χ2v) is 8.06. The zero-order valence-corrected chi connectivity index (χ0v) is 18.7. The number of carbonyl (C=O) groups excluding carboxylic acids is 1. The van der Waals surface area contributed by atoms with Gasteiger partial charge in [-0.25, -0.2) is 9.38 Å². The van der Waals surface area contributed by atoms with Crippen LogP contribution < -0.4 is 5.73 Å². The number of aliphatic imine (C=N–C) groups is 2. The summed E-state index contributed by atoms with van der Waals surface area (Å²) in [4.78, 5) is 23.5. The number of aliphatic hydroxyl groups excluding tert-OH is 1. The van der Waals surface area contributed by atoms with E-state index < -0.39 is 5.79 Å². The van der Waals surface area contributed by atoms with Crippen LogP contribution in [0.4, 0.5) is 4.39 Å². The number of carbonyl (C=O) groups is 1. The summed E-state index contributed by atoms with van der Waals surface area (Å²) in [7, 11) is 0. The molecule has 0 bridgehead atoms. The zero-order chi connectivity index (χ0) is 24.4. The Bertz CT molecular complexity index is 945. The summed E-state index contributed by atoms with van der Waals surface area (Å²) in [6.07, 6.45) is 3.01. The zero-order valence-electron chi connectivity index (χ0n) is 18.7. The SMILES string of the molecule is CC(C)(O)O.NC=NC(=NC(=O)CCc1ccc(F)cc1)c1ccc(C2CCC(CO)O2)[nH]1. The van der Waals surface area contributed by atoms with Crippen molar-refractivity contribution in [2.75, 3.05) is 6.61 Å².